The van der Waals surface area contributed by atoms with Crippen LogP contribution < -0.4 is 5.73 Å². The molecule has 17 heavy (non-hydrogen) atoms. The van der Waals surface area contributed by atoms with Gasteiger partial charge in [-0.05, 0) is 19.8 Å². The van der Waals surface area contributed by atoms with Crippen molar-refractivity contribution < 1.29 is 4.79 Å². The number of amides is 1. The lowest BCUT2D eigenvalue weighted by Gasteiger charge is -2.05. The molecule has 1 aliphatic carbocycles. The molecule has 5 heteroatoms. The SMILES string of the molecule is CC(SCc1csc(C2CCCC2)n1)C(N)=O. The Labute approximate surface area is 110 Å². The molecular weight excluding hydrogens is 252 g/mol. The fourth-order valence-electron chi connectivity index (χ4n) is 2.04. The standard InChI is InChI=1S/C12H18N2OS2/c1-8(11(13)15)16-6-10-7-17-12(14-10)9-4-2-3-5-9/h7-9H,2-6H2,1H3,(H2,13,15). The Bertz CT molecular complexity index is 386. The third-order valence-corrected chi connectivity index (χ3v) is 5.41. The number of nitrogens with two attached hydrogens (primary N) is 1. The molecule has 0 spiro atoms. The van der Waals surface area contributed by atoms with Crippen molar-refractivity contribution in [3.05, 3.63) is 16.1 Å². The van der Waals surface area contributed by atoms with E-state index in [1.54, 1.807) is 23.1 Å². The first-order valence-electron chi connectivity index (χ1n) is 6.02. The van der Waals surface area contributed by atoms with Gasteiger partial charge in [0.05, 0.1) is 16.0 Å². The molecule has 1 fully saturated rings. The summed E-state index contributed by atoms with van der Waals surface area (Å²) in [4.78, 5) is 15.6. The van der Waals surface area contributed by atoms with Gasteiger partial charge >= 0.3 is 0 Å². The van der Waals surface area contributed by atoms with Crippen LogP contribution in [0.3, 0.4) is 0 Å². The average molecular weight is 270 g/mol. The number of nitrogens with zero attached hydrogens (tertiary/aromatic N) is 1. The molecule has 0 radical (unpaired) electrons. The van der Waals surface area contributed by atoms with E-state index in [2.05, 4.69) is 10.4 Å². The summed E-state index contributed by atoms with van der Waals surface area (Å²) in [5, 5.41) is 3.27. The van der Waals surface area contributed by atoms with Gasteiger partial charge in [0.1, 0.15) is 0 Å². The zero-order chi connectivity index (χ0) is 12.3. The summed E-state index contributed by atoms with van der Waals surface area (Å²) >= 11 is 3.33. The second-order valence-electron chi connectivity index (χ2n) is 4.51. The summed E-state index contributed by atoms with van der Waals surface area (Å²) in [6.07, 6.45) is 5.26. The maximum Gasteiger partial charge on any atom is 0.230 e. The van der Waals surface area contributed by atoms with Crippen LogP contribution in [-0.4, -0.2) is 16.1 Å². The van der Waals surface area contributed by atoms with Crippen LogP contribution in [0.25, 0.3) is 0 Å². The molecule has 0 aliphatic heterocycles. The number of carbonyl (C=O) groups is 1. The van der Waals surface area contributed by atoms with E-state index in [1.807, 2.05) is 6.92 Å². The lowest BCUT2D eigenvalue weighted by molar-refractivity contribution is -0.117. The predicted molar refractivity (Wildman–Crippen MR) is 73.3 cm³/mol. The van der Waals surface area contributed by atoms with E-state index in [1.165, 1.54) is 30.7 Å². The van der Waals surface area contributed by atoms with Crippen molar-refractivity contribution in [1.82, 2.24) is 4.98 Å². The third-order valence-electron chi connectivity index (χ3n) is 3.16. The van der Waals surface area contributed by atoms with Gasteiger partial charge in [-0.3, -0.25) is 4.79 Å². The van der Waals surface area contributed by atoms with Crippen LogP contribution in [0, 0.1) is 0 Å². The summed E-state index contributed by atoms with van der Waals surface area (Å²) in [5.41, 5.74) is 6.32. The molecule has 1 atom stereocenters. The van der Waals surface area contributed by atoms with Crippen molar-refractivity contribution in [3.8, 4) is 0 Å². The van der Waals surface area contributed by atoms with Crippen LogP contribution in [-0.2, 0) is 10.5 Å². The van der Waals surface area contributed by atoms with Crippen molar-refractivity contribution in [2.24, 2.45) is 5.73 Å². The first kappa shape index (κ1) is 12.9. The molecule has 3 nitrogen and oxygen atoms in total. The van der Waals surface area contributed by atoms with Gasteiger partial charge in [-0.1, -0.05) is 12.8 Å². The molecule has 2 N–H and O–H groups in total. The minimum atomic E-state index is -0.249. The molecule has 1 aromatic rings. The Kier molecular flexibility index (Phi) is 4.45. The Morgan fingerprint density at radius 3 is 3.00 bits per heavy atom. The van der Waals surface area contributed by atoms with Crippen molar-refractivity contribution in [2.45, 2.75) is 49.5 Å². The highest BCUT2D eigenvalue weighted by atomic mass is 32.2. The number of hydrogen-bond donors (Lipinski definition) is 1. The smallest absolute Gasteiger partial charge is 0.230 e. The van der Waals surface area contributed by atoms with Gasteiger partial charge in [-0.25, -0.2) is 4.98 Å². The van der Waals surface area contributed by atoms with Crippen LogP contribution in [0.1, 0.15) is 49.2 Å². The van der Waals surface area contributed by atoms with E-state index < -0.39 is 0 Å². The normalized spacial score (nSPS) is 18.4. The number of rotatable bonds is 5. The van der Waals surface area contributed by atoms with Gasteiger partial charge in [0.2, 0.25) is 5.91 Å². The van der Waals surface area contributed by atoms with E-state index in [0.29, 0.717) is 5.92 Å². The van der Waals surface area contributed by atoms with Crippen molar-refractivity contribution in [1.29, 1.82) is 0 Å². The van der Waals surface area contributed by atoms with Crippen molar-refractivity contribution in [3.63, 3.8) is 0 Å². The molecule has 0 saturated heterocycles. The minimum Gasteiger partial charge on any atom is -0.369 e. The zero-order valence-electron chi connectivity index (χ0n) is 10.0. The molecule has 1 amide bonds. The highest BCUT2D eigenvalue weighted by Crippen LogP contribution is 2.36. The maximum atomic E-state index is 10.9. The van der Waals surface area contributed by atoms with Crippen LogP contribution in [0.4, 0.5) is 0 Å². The number of thiazole rings is 1. The Morgan fingerprint density at radius 2 is 2.35 bits per heavy atom. The van der Waals surface area contributed by atoms with Crippen LogP contribution in [0.2, 0.25) is 0 Å². The quantitative estimate of drug-likeness (QED) is 0.895. The minimum absolute atomic E-state index is 0.133. The molecule has 1 unspecified atom stereocenters. The van der Waals surface area contributed by atoms with Gasteiger partial charge in [0, 0.05) is 17.1 Å². The van der Waals surface area contributed by atoms with E-state index in [9.17, 15) is 4.79 Å². The number of primary amides is 1. The zero-order valence-corrected chi connectivity index (χ0v) is 11.6. The molecule has 2 rings (SSSR count). The summed E-state index contributed by atoms with van der Waals surface area (Å²) in [7, 11) is 0. The van der Waals surface area contributed by atoms with Gasteiger partial charge in [-0.15, -0.1) is 23.1 Å². The lowest BCUT2D eigenvalue weighted by Crippen LogP contribution is -2.22. The molecular formula is C12H18N2OS2. The highest BCUT2D eigenvalue weighted by Gasteiger charge is 2.20. The summed E-state index contributed by atoms with van der Waals surface area (Å²) < 4.78 is 0. The topological polar surface area (TPSA) is 56.0 Å². The van der Waals surface area contributed by atoms with Crippen LogP contribution in [0.5, 0.6) is 0 Å². The van der Waals surface area contributed by atoms with E-state index in [-0.39, 0.29) is 11.2 Å². The Balaban J connectivity index is 1.87. The first-order valence-corrected chi connectivity index (χ1v) is 7.95. The molecule has 94 valence electrons. The van der Waals surface area contributed by atoms with Gasteiger partial charge in [0.15, 0.2) is 0 Å². The summed E-state index contributed by atoms with van der Waals surface area (Å²) in [6, 6.07) is 0. The third kappa shape index (κ3) is 3.45. The molecule has 1 heterocycles. The van der Waals surface area contributed by atoms with Crippen LogP contribution >= 0.6 is 23.1 Å². The molecule has 0 aromatic carbocycles. The van der Waals surface area contributed by atoms with E-state index in [4.69, 9.17) is 5.73 Å². The number of carbonyl (C=O) groups excluding carboxylic acids is 1. The Morgan fingerprint density at radius 1 is 1.65 bits per heavy atom. The van der Waals surface area contributed by atoms with Crippen molar-refractivity contribution in [2.75, 3.05) is 0 Å². The van der Waals surface area contributed by atoms with Crippen LogP contribution in [0.15, 0.2) is 5.38 Å². The second-order valence-corrected chi connectivity index (χ2v) is 6.73. The second kappa shape index (κ2) is 5.87. The van der Waals surface area contributed by atoms with E-state index >= 15 is 0 Å². The predicted octanol–water partition coefficient (Wildman–Crippen LogP) is 2.91. The monoisotopic (exact) mass is 270 g/mol. The average Bonchev–Trinajstić information content (AvgIpc) is 2.95. The molecule has 1 aromatic heterocycles. The number of aromatic nitrogens is 1. The fraction of sp³-hybridized carbons (Fsp3) is 0.667. The number of hydrogen-bond acceptors (Lipinski definition) is 4. The molecule has 1 aliphatic rings. The molecule has 0 bridgehead atoms. The summed E-state index contributed by atoms with van der Waals surface area (Å²) in [6.45, 7) is 1.84. The maximum absolute atomic E-state index is 10.9. The largest absolute Gasteiger partial charge is 0.369 e. The Hall–Kier alpha value is -0.550. The fourth-order valence-corrected chi connectivity index (χ4v) is 3.87. The van der Waals surface area contributed by atoms with Gasteiger partial charge in [0.25, 0.3) is 0 Å². The first-order chi connectivity index (χ1) is 8.16. The lowest BCUT2D eigenvalue weighted by atomic mass is 10.1. The van der Waals surface area contributed by atoms with E-state index in [0.717, 1.165) is 11.4 Å². The van der Waals surface area contributed by atoms with Gasteiger partial charge < -0.3 is 5.73 Å². The highest BCUT2D eigenvalue weighted by molar-refractivity contribution is 7.99. The summed E-state index contributed by atoms with van der Waals surface area (Å²) in [5.74, 6) is 1.22. The number of thioether (sulfide) groups is 1. The van der Waals surface area contributed by atoms with Gasteiger partial charge in [-0.2, -0.15) is 0 Å². The van der Waals surface area contributed by atoms with Crippen molar-refractivity contribution >= 4 is 29.0 Å². The molecule has 1 saturated carbocycles.